The van der Waals surface area contributed by atoms with E-state index in [1.807, 2.05) is 11.0 Å². The summed E-state index contributed by atoms with van der Waals surface area (Å²) in [7, 11) is 1.59. The van der Waals surface area contributed by atoms with Crippen molar-refractivity contribution in [3.05, 3.63) is 65.2 Å². The van der Waals surface area contributed by atoms with Crippen molar-refractivity contribution in [2.45, 2.75) is 32.7 Å². The zero-order chi connectivity index (χ0) is 21.5. The van der Waals surface area contributed by atoms with Crippen molar-refractivity contribution in [2.24, 2.45) is 0 Å². The molecular weight excluding hydrogens is 392 g/mol. The van der Waals surface area contributed by atoms with E-state index in [4.69, 9.17) is 9.72 Å². The van der Waals surface area contributed by atoms with E-state index in [0.29, 0.717) is 23.5 Å². The first-order chi connectivity index (χ1) is 15.1. The third kappa shape index (κ3) is 3.24. The lowest BCUT2D eigenvalue weighted by molar-refractivity contribution is 0.0730. The van der Waals surface area contributed by atoms with Crippen molar-refractivity contribution < 1.29 is 9.53 Å². The minimum atomic E-state index is -0.107. The van der Waals surface area contributed by atoms with Crippen LogP contribution in [0, 0.1) is 13.8 Å². The molecule has 3 heterocycles. The van der Waals surface area contributed by atoms with Gasteiger partial charge in [0.25, 0.3) is 5.91 Å². The second-order valence-corrected chi connectivity index (χ2v) is 7.88. The average molecular weight is 416 g/mol. The molecule has 1 saturated heterocycles. The van der Waals surface area contributed by atoms with Crippen molar-refractivity contribution in [2.75, 3.05) is 13.7 Å². The number of likely N-dealkylation sites (tertiary alicyclic amines) is 1. The van der Waals surface area contributed by atoms with Crippen LogP contribution < -0.4 is 4.74 Å². The molecular formula is C23H24N6O2. The molecule has 1 atom stereocenters. The van der Waals surface area contributed by atoms with E-state index in [9.17, 15) is 4.79 Å². The van der Waals surface area contributed by atoms with Gasteiger partial charge in [0.05, 0.1) is 47.8 Å². The van der Waals surface area contributed by atoms with Crippen LogP contribution in [0.15, 0.2) is 42.7 Å². The van der Waals surface area contributed by atoms with Crippen molar-refractivity contribution in [3.63, 3.8) is 0 Å². The lowest BCUT2D eigenvalue weighted by Crippen LogP contribution is -2.32. The highest BCUT2D eigenvalue weighted by molar-refractivity contribution is 5.98. The first kappa shape index (κ1) is 19.3. The molecule has 0 spiro atoms. The summed E-state index contributed by atoms with van der Waals surface area (Å²) in [5, 5.41) is 8.42. The van der Waals surface area contributed by atoms with Gasteiger partial charge in [-0.2, -0.15) is 15.0 Å². The second-order valence-electron chi connectivity index (χ2n) is 7.88. The molecule has 1 aliphatic heterocycles. The van der Waals surface area contributed by atoms with Crippen molar-refractivity contribution in [3.8, 4) is 11.4 Å². The number of nitrogens with zero attached hydrogens (tertiary/aromatic N) is 5. The molecule has 8 heteroatoms. The van der Waals surface area contributed by atoms with E-state index in [-0.39, 0.29) is 11.9 Å². The summed E-state index contributed by atoms with van der Waals surface area (Å²) in [6, 6.07) is 9.41. The van der Waals surface area contributed by atoms with E-state index in [1.54, 1.807) is 31.6 Å². The minimum absolute atomic E-state index is 0.0814. The summed E-state index contributed by atoms with van der Waals surface area (Å²) in [6.45, 7) is 4.84. The third-order valence-corrected chi connectivity index (χ3v) is 6.09. The standard InChI is InChI=1S/C23H24N6O2/c1-14-6-8-18-21(15(14)2)27-22(26-18)20-5-4-12-28(20)23(30)17-13-16(31-3)7-9-19(17)29-24-10-11-25-29/h6-11,13,20H,4-5,12H2,1-3H3,(H,26,27). The predicted molar refractivity (Wildman–Crippen MR) is 116 cm³/mol. The van der Waals surface area contributed by atoms with Crippen LogP contribution in [0.2, 0.25) is 0 Å². The number of amides is 1. The number of rotatable bonds is 4. The molecule has 2 aromatic carbocycles. The number of aromatic nitrogens is 5. The van der Waals surface area contributed by atoms with Gasteiger partial charge in [0.2, 0.25) is 0 Å². The van der Waals surface area contributed by atoms with Gasteiger partial charge in [0.15, 0.2) is 0 Å². The quantitative estimate of drug-likeness (QED) is 0.547. The summed E-state index contributed by atoms with van der Waals surface area (Å²) >= 11 is 0. The number of hydrogen-bond donors (Lipinski definition) is 1. The largest absolute Gasteiger partial charge is 0.497 e. The minimum Gasteiger partial charge on any atom is -0.497 e. The Morgan fingerprint density at radius 3 is 2.74 bits per heavy atom. The number of ether oxygens (including phenoxy) is 1. The van der Waals surface area contributed by atoms with Crippen LogP contribution >= 0.6 is 0 Å². The Balaban J connectivity index is 1.55. The summed E-state index contributed by atoms with van der Waals surface area (Å²) in [5.41, 5.74) is 5.47. The maximum Gasteiger partial charge on any atom is 0.256 e. The molecule has 4 aromatic rings. The Morgan fingerprint density at radius 2 is 1.97 bits per heavy atom. The van der Waals surface area contributed by atoms with Gasteiger partial charge in [-0.3, -0.25) is 4.79 Å². The number of carbonyl (C=O) groups excluding carboxylic acids is 1. The van der Waals surface area contributed by atoms with Crippen LogP contribution in [-0.2, 0) is 0 Å². The zero-order valence-corrected chi connectivity index (χ0v) is 17.8. The van der Waals surface area contributed by atoms with Gasteiger partial charge in [0, 0.05) is 6.54 Å². The summed E-state index contributed by atoms with van der Waals surface area (Å²) in [5.74, 6) is 1.36. The second kappa shape index (κ2) is 7.54. The first-order valence-corrected chi connectivity index (χ1v) is 10.4. The molecule has 0 radical (unpaired) electrons. The highest BCUT2D eigenvalue weighted by Gasteiger charge is 2.34. The molecule has 0 saturated carbocycles. The number of nitrogens with one attached hydrogen (secondary N) is 1. The molecule has 1 N–H and O–H groups in total. The van der Waals surface area contributed by atoms with Gasteiger partial charge in [-0.1, -0.05) is 6.07 Å². The average Bonchev–Trinajstić information content (AvgIpc) is 3.55. The number of H-pyrrole nitrogens is 1. The summed E-state index contributed by atoms with van der Waals surface area (Å²) < 4.78 is 5.38. The Labute approximate surface area is 179 Å². The number of hydrogen-bond acceptors (Lipinski definition) is 5. The molecule has 2 aromatic heterocycles. The number of benzene rings is 2. The highest BCUT2D eigenvalue weighted by atomic mass is 16.5. The molecule has 158 valence electrons. The molecule has 1 unspecified atom stereocenters. The Hall–Kier alpha value is -3.68. The maximum absolute atomic E-state index is 13.7. The van der Waals surface area contributed by atoms with Crippen LogP contribution in [0.25, 0.3) is 16.7 Å². The monoisotopic (exact) mass is 416 g/mol. The molecule has 0 bridgehead atoms. The fraction of sp³-hybridized carbons (Fsp3) is 0.304. The first-order valence-electron chi connectivity index (χ1n) is 10.4. The number of fused-ring (bicyclic) bond motifs is 1. The van der Waals surface area contributed by atoms with Crippen LogP contribution in [0.4, 0.5) is 0 Å². The Kier molecular flexibility index (Phi) is 4.69. The fourth-order valence-electron chi connectivity index (χ4n) is 4.27. The van der Waals surface area contributed by atoms with Crippen LogP contribution in [0.3, 0.4) is 0 Å². The predicted octanol–water partition coefficient (Wildman–Crippen LogP) is 3.75. The molecule has 5 rings (SSSR count). The number of aryl methyl sites for hydroxylation is 2. The number of carbonyl (C=O) groups is 1. The van der Waals surface area contributed by atoms with E-state index >= 15 is 0 Å². The van der Waals surface area contributed by atoms with Crippen LogP contribution in [-0.4, -0.2) is 49.4 Å². The van der Waals surface area contributed by atoms with Gasteiger partial charge in [-0.15, -0.1) is 0 Å². The Morgan fingerprint density at radius 1 is 1.16 bits per heavy atom. The van der Waals surface area contributed by atoms with Crippen molar-refractivity contribution in [1.29, 1.82) is 0 Å². The van der Waals surface area contributed by atoms with Crippen molar-refractivity contribution in [1.82, 2.24) is 29.9 Å². The summed E-state index contributed by atoms with van der Waals surface area (Å²) in [6.07, 6.45) is 4.97. The number of aromatic amines is 1. The zero-order valence-electron chi connectivity index (χ0n) is 17.8. The lowest BCUT2D eigenvalue weighted by atomic mass is 10.1. The van der Waals surface area contributed by atoms with E-state index in [2.05, 4.69) is 41.2 Å². The smallest absolute Gasteiger partial charge is 0.256 e. The third-order valence-electron chi connectivity index (χ3n) is 6.09. The van der Waals surface area contributed by atoms with Crippen LogP contribution in [0.5, 0.6) is 5.75 Å². The van der Waals surface area contributed by atoms with E-state index in [1.165, 1.54) is 10.4 Å². The number of methoxy groups -OCH3 is 1. The lowest BCUT2D eigenvalue weighted by Gasteiger charge is -2.24. The SMILES string of the molecule is COc1ccc(-n2nccn2)c(C(=O)N2CCCC2c2nc3c(C)c(C)ccc3[nH]2)c1. The van der Waals surface area contributed by atoms with Gasteiger partial charge < -0.3 is 14.6 Å². The molecule has 8 nitrogen and oxygen atoms in total. The molecule has 1 aliphatic rings. The molecule has 0 aliphatic carbocycles. The summed E-state index contributed by atoms with van der Waals surface area (Å²) in [4.78, 5) is 25.4. The van der Waals surface area contributed by atoms with Gasteiger partial charge in [-0.05, 0) is 62.1 Å². The molecule has 1 amide bonds. The van der Waals surface area contributed by atoms with Crippen LogP contribution in [0.1, 0.15) is 46.2 Å². The van der Waals surface area contributed by atoms with Gasteiger partial charge in [0.1, 0.15) is 11.6 Å². The molecule has 1 fully saturated rings. The highest BCUT2D eigenvalue weighted by Crippen LogP contribution is 2.34. The topological polar surface area (TPSA) is 88.9 Å². The van der Waals surface area contributed by atoms with Gasteiger partial charge in [-0.25, -0.2) is 4.98 Å². The normalized spacial score (nSPS) is 16.2. The maximum atomic E-state index is 13.7. The molecule has 31 heavy (non-hydrogen) atoms. The van der Waals surface area contributed by atoms with Gasteiger partial charge >= 0.3 is 0 Å². The van der Waals surface area contributed by atoms with E-state index < -0.39 is 0 Å². The Bertz CT molecular complexity index is 1260. The van der Waals surface area contributed by atoms with E-state index in [0.717, 1.165) is 35.3 Å². The fourth-order valence-corrected chi connectivity index (χ4v) is 4.27. The van der Waals surface area contributed by atoms with Crippen molar-refractivity contribution >= 4 is 16.9 Å². The number of imidazole rings is 1.